The van der Waals surface area contributed by atoms with E-state index in [-0.39, 0.29) is 10.7 Å². The predicted molar refractivity (Wildman–Crippen MR) is 96.7 cm³/mol. The average Bonchev–Trinajstić information content (AvgIpc) is 3.14. The van der Waals surface area contributed by atoms with Crippen molar-refractivity contribution in [3.63, 3.8) is 0 Å². The van der Waals surface area contributed by atoms with Crippen molar-refractivity contribution in [3.8, 4) is 0 Å². The van der Waals surface area contributed by atoms with Crippen LogP contribution in [0.3, 0.4) is 0 Å². The number of thiophene rings is 1. The Morgan fingerprint density at radius 3 is 2.38 bits per heavy atom. The number of piperidine rings is 1. The molecule has 24 heavy (non-hydrogen) atoms. The molecule has 1 aromatic heterocycles. The van der Waals surface area contributed by atoms with Crippen molar-refractivity contribution in [2.45, 2.75) is 24.2 Å². The van der Waals surface area contributed by atoms with Crippen LogP contribution in [0.2, 0.25) is 0 Å². The molecule has 0 N–H and O–H groups in total. The molecule has 0 bridgehead atoms. The van der Waals surface area contributed by atoms with Crippen LogP contribution < -0.4 is 0 Å². The van der Waals surface area contributed by atoms with Gasteiger partial charge in [-0.05, 0) is 60.7 Å². The SMILES string of the molecule is O=C(/C=C/c1cccs1)c1ccc(S(=O)(=O)N2CCCCC2)cc1. The number of ketones is 1. The zero-order valence-corrected chi connectivity index (χ0v) is 14.9. The molecule has 3 rings (SSSR count). The Bertz CT molecular complexity index is 816. The van der Waals surface area contributed by atoms with E-state index < -0.39 is 10.0 Å². The third-order valence-corrected chi connectivity index (χ3v) is 6.78. The largest absolute Gasteiger partial charge is 0.289 e. The molecule has 0 amide bonds. The molecule has 2 aromatic rings. The van der Waals surface area contributed by atoms with Gasteiger partial charge in [0.25, 0.3) is 0 Å². The van der Waals surface area contributed by atoms with Crippen LogP contribution in [0.15, 0.2) is 52.7 Å². The molecule has 1 fully saturated rings. The minimum Gasteiger partial charge on any atom is -0.289 e. The highest BCUT2D eigenvalue weighted by Crippen LogP contribution is 2.21. The summed E-state index contributed by atoms with van der Waals surface area (Å²) in [6.45, 7) is 1.15. The van der Waals surface area contributed by atoms with Gasteiger partial charge in [0.15, 0.2) is 5.78 Å². The number of sulfonamides is 1. The molecule has 4 nitrogen and oxygen atoms in total. The Hall–Kier alpha value is -1.76. The normalized spacial score (nSPS) is 16.5. The summed E-state index contributed by atoms with van der Waals surface area (Å²) in [5.41, 5.74) is 0.486. The highest BCUT2D eigenvalue weighted by atomic mass is 32.2. The van der Waals surface area contributed by atoms with Crippen LogP contribution in [-0.2, 0) is 10.0 Å². The fourth-order valence-electron chi connectivity index (χ4n) is 2.69. The molecule has 1 aliphatic heterocycles. The molecule has 1 aromatic carbocycles. The lowest BCUT2D eigenvalue weighted by Gasteiger charge is -2.25. The van der Waals surface area contributed by atoms with Crippen LogP contribution in [0.25, 0.3) is 6.08 Å². The van der Waals surface area contributed by atoms with Gasteiger partial charge in [-0.1, -0.05) is 12.5 Å². The van der Waals surface area contributed by atoms with Crippen molar-refractivity contribution in [2.75, 3.05) is 13.1 Å². The number of benzene rings is 1. The van der Waals surface area contributed by atoms with Crippen LogP contribution in [0.4, 0.5) is 0 Å². The minimum absolute atomic E-state index is 0.134. The lowest BCUT2D eigenvalue weighted by molar-refractivity contribution is 0.104. The van der Waals surface area contributed by atoms with Crippen molar-refractivity contribution >= 4 is 33.2 Å². The van der Waals surface area contributed by atoms with Crippen LogP contribution in [-0.4, -0.2) is 31.6 Å². The second-order valence-electron chi connectivity index (χ2n) is 5.70. The first-order valence-electron chi connectivity index (χ1n) is 7.93. The first-order valence-corrected chi connectivity index (χ1v) is 10.3. The van der Waals surface area contributed by atoms with E-state index >= 15 is 0 Å². The molecule has 0 spiro atoms. The van der Waals surface area contributed by atoms with Crippen molar-refractivity contribution in [2.24, 2.45) is 0 Å². The first-order chi connectivity index (χ1) is 11.6. The first kappa shape index (κ1) is 17.1. The van der Waals surface area contributed by atoms with Gasteiger partial charge in [0.2, 0.25) is 10.0 Å². The quantitative estimate of drug-likeness (QED) is 0.601. The van der Waals surface area contributed by atoms with Gasteiger partial charge in [-0.2, -0.15) is 4.31 Å². The van der Waals surface area contributed by atoms with Crippen molar-refractivity contribution in [1.29, 1.82) is 0 Å². The Morgan fingerprint density at radius 1 is 1.04 bits per heavy atom. The lowest BCUT2D eigenvalue weighted by atomic mass is 10.1. The lowest BCUT2D eigenvalue weighted by Crippen LogP contribution is -2.35. The summed E-state index contributed by atoms with van der Waals surface area (Å²) in [6, 6.07) is 10.1. The Balaban J connectivity index is 1.74. The minimum atomic E-state index is -3.45. The summed E-state index contributed by atoms with van der Waals surface area (Å²) < 4.78 is 26.7. The van der Waals surface area contributed by atoms with Crippen molar-refractivity contribution in [1.82, 2.24) is 4.31 Å². The molecule has 0 saturated carbocycles. The number of rotatable bonds is 5. The van der Waals surface area contributed by atoms with Gasteiger partial charge in [0.1, 0.15) is 0 Å². The molecule has 0 atom stereocenters. The van der Waals surface area contributed by atoms with Gasteiger partial charge in [-0.25, -0.2) is 8.42 Å². The molecule has 1 saturated heterocycles. The molecular weight excluding hydrogens is 342 g/mol. The molecular formula is C18H19NO3S2. The number of carbonyl (C=O) groups excluding carboxylic acids is 1. The van der Waals surface area contributed by atoms with Crippen LogP contribution >= 0.6 is 11.3 Å². The summed E-state index contributed by atoms with van der Waals surface area (Å²) in [7, 11) is -3.45. The third-order valence-electron chi connectivity index (χ3n) is 4.03. The highest BCUT2D eigenvalue weighted by Gasteiger charge is 2.25. The van der Waals surface area contributed by atoms with Gasteiger partial charge in [-0.3, -0.25) is 4.79 Å². The number of hydrogen-bond acceptors (Lipinski definition) is 4. The molecule has 0 unspecified atom stereocenters. The van der Waals surface area contributed by atoms with E-state index in [1.165, 1.54) is 22.5 Å². The van der Waals surface area contributed by atoms with E-state index in [1.807, 2.05) is 17.5 Å². The Labute approximate surface area is 146 Å². The average molecular weight is 361 g/mol. The van der Waals surface area contributed by atoms with Gasteiger partial charge in [0, 0.05) is 23.5 Å². The standard InChI is InChI=1S/C18H19NO3S2/c20-18(11-8-16-5-4-14-23-16)15-6-9-17(10-7-15)24(21,22)19-12-2-1-3-13-19/h4-11,14H,1-3,12-13H2/b11-8+. The summed E-state index contributed by atoms with van der Waals surface area (Å²) in [5, 5.41) is 1.95. The van der Waals surface area contributed by atoms with Crippen molar-refractivity contribution in [3.05, 3.63) is 58.3 Å². The number of hydrogen-bond donors (Lipinski definition) is 0. The molecule has 126 valence electrons. The van der Waals surface area contributed by atoms with Gasteiger partial charge in [0.05, 0.1) is 4.90 Å². The maximum absolute atomic E-state index is 12.6. The zero-order chi connectivity index (χ0) is 17.0. The smallest absolute Gasteiger partial charge is 0.243 e. The van der Waals surface area contributed by atoms with E-state index in [0.717, 1.165) is 24.1 Å². The van der Waals surface area contributed by atoms with E-state index in [1.54, 1.807) is 29.5 Å². The van der Waals surface area contributed by atoms with Crippen LogP contribution in [0, 0.1) is 0 Å². The van der Waals surface area contributed by atoms with Crippen molar-refractivity contribution < 1.29 is 13.2 Å². The van der Waals surface area contributed by atoms with Gasteiger partial charge >= 0.3 is 0 Å². The second kappa shape index (κ2) is 7.42. The summed E-state index contributed by atoms with van der Waals surface area (Å²) in [4.78, 5) is 13.4. The molecule has 0 aliphatic carbocycles. The van der Waals surface area contributed by atoms with Crippen LogP contribution in [0.1, 0.15) is 34.5 Å². The van der Waals surface area contributed by atoms with E-state index in [0.29, 0.717) is 18.7 Å². The second-order valence-corrected chi connectivity index (χ2v) is 8.62. The number of allylic oxidation sites excluding steroid dienone is 1. The van der Waals surface area contributed by atoms with Crippen LogP contribution in [0.5, 0.6) is 0 Å². The summed E-state index contributed by atoms with van der Waals surface area (Å²) in [6.07, 6.45) is 6.17. The van der Waals surface area contributed by atoms with Gasteiger partial charge in [-0.15, -0.1) is 11.3 Å². The zero-order valence-electron chi connectivity index (χ0n) is 13.2. The van der Waals surface area contributed by atoms with E-state index in [9.17, 15) is 13.2 Å². The highest BCUT2D eigenvalue weighted by molar-refractivity contribution is 7.89. The fourth-order valence-corrected chi connectivity index (χ4v) is 4.82. The van der Waals surface area contributed by atoms with Gasteiger partial charge < -0.3 is 0 Å². The molecule has 2 heterocycles. The number of nitrogens with zero attached hydrogens (tertiary/aromatic N) is 1. The summed E-state index contributed by atoms with van der Waals surface area (Å²) >= 11 is 1.56. The maximum atomic E-state index is 12.6. The fraction of sp³-hybridized carbons (Fsp3) is 0.278. The Morgan fingerprint density at radius 2 is 1.75 bits per heavy atom. The predicted octanol–water partition coefficient (Wildman–Crippen LogP) is 3.82. The monoisotopic (exact) mass is 361 g/mol. The molecule has 0 radical (unpaired) electrons. The van der Waals surface area contributed by atoms with E-state index in [4.69, 9.17) is 0 Å². The molecule has 1 aliphatic rings. The molecule has 6 heteroatoms. The Kier molecular flexibility index (Phi) is 5.28. The topological polar surface area (TPSA) is 54.5 Å². The number of carbonyl (C=O) groups is 1. The maximum Gasteiger partial charge on any atom is 0.243 e. The summed E-state index contributed by atoms with van der Waals surface area (Å²) in [5.74, 6) is -0.134. The van der Waals surface area contributed by atoms with E-state index in [2.05, 4.69) is 0 Å². The third kappa shape index (κ3) is 3.83.